The molecular formula is C35H32F2N6O6S. The van der Waals surface area contributed by atoms with Gasteiger partial charge in [-0.2, -0.15) is 5.10 Å². The largest absolute Gasteiger partial charge is 0.463 e. The lowest BCUT2D eigenvalue weighted by molar-refractivity contribution is -0.146. The zero-order valence-electron chi connectivity index (χ0n) is 26.7. The normalized spacial score (nSPS) is 15.4. The molecule has 3 aromatic heterocycles. The molecular weight excluding hydrogens is 670 g/mol. The SMILES string of the molecule is O=C(CN1CCOCC1)OCCn1cc(-c2cc3nccc(Oc4ccc(NC(=O)C5(C(=O)Nc6ccc(F)cc6)CC5)cc4F)c3s2)cn1. The first-order valence-corrected chi connectivity index (χ1v) is 16.8. The number of anilines is 2. The molecule has 1 saturated heterocycles. The van der Waals surface area contributed by atoms with Crippen molar-refractivity contribution in [1.82, 2.24) is 19.7 Å². The van der Waals surface area contributed by atoms with Crippen molar-refractivity contribution in [2.75, 3.05) is 50.1 Å². The van der Waals surface area contributed by atoms with Gasteiger partial charge in [0.2, 0.25) is 11.8 Å². The smallest absolute Gasteiger partial charge is 0.320 e. The highest BCUT2D eigenvalue weighted by Crippen LogP contribution is 2.48. The summed E-state index contributed by atoms with van der Waals surface area (Å²) in [5, 5.41) is 9.68. The van der Waals surface area contributed by atoms with Crippen LogP contribution in [0.1, 0.15) is 12.8 Å². The molecule has 258 valence electrons. The minimum atomic E-state index is -1.29. The summed E-state index contributed by atoms with van der Waals surface area (Å²) < 4.78 is 47.6. The highest BCUT2D eigenvalue weighted by Gasteiger charge is 2.56. The summed E-state index contributed by atoms with van der Waals surface area (Å²) in [4.78, 5) is 45.4. The van der Waals surface area contributed by atoms with E-state index in [-0.39, 0.29) is 30.6 Å². The number of aromatic nitrogens is 3. The number of nitrogens with zero attached hydrogens (tertiary/aromatic N) is 4. The maximum Gasteiger partial charge on any atom is 0.320 e. The summed E-state index contributed by atoms with van der Waals surface area (Å²) in [5.74, 6) is -2.16. The molecule has 50 heavy (non-hydrogen) atoms. The summed E-state index contributed by atoms with van der Waals surface area (Å²) in [7, 11) is 0. The number of carbonyl (C=O) groups is 3. The van der Waals surface area contributed by atoms with Gasteiger partial charge in [0.1, 0.15) is 23.6 Å². The number of hydrogen-bond donors (Lipinski definition) is 2. The van der Waals surface area contributed by atoms with Crippen LogP contribution in [-0.4, -0.2) is 76.9 Å². The summed E-state index contributed by atoms with van der Waals surface area (Å²) in [5.41, 5.74) is 0.750. The lowest BCUT2D eigenvalue weighted by Crippen LogP contribution is -2.40. The predicted molar refractivity (Wildman–Crippen MR) is 181 cm³/mol. The van der Waals surface area contributed by atoms with Gasteiger partial charge in [-0.3, -0.25) is 28.9 Å². The van der Waals surface area contributed by atoms with Gasteiger partial charge in [0.15, 0.2) is 11.6 Å². The number of carbonyl (C=O) groups excluding carboxylic acids is 3. The first-order valence-electron chi connectivity index (χ1n) is 16.0. The van der Waals surface area contributed by atoms with E-state index < -0.39 is 28.9 Å². The maximum absolute atomic E-state index is 15.3. The van der Waals surface area contributed by atoms with Crippen LogP contribution in [0, 0.1) is 17.0 Å². The second kappa shape index (κ2) is 14.3. The molecule has 7 rings (SSSR count). The number of nitrogens with one attached hydrogen (secondary N) is 2. The minimum Gasteiger partial charge on any atom is -0.463 e. The van der Waals surface area contributed by atoms with Crippen LogP contribution in [0.3, 0.4) is 0 Å². The van der Waals surface area contributed by atoms with E-state index in [0.29, 0.717) is 67.3 Å². The third kappa shape index (κ3) is 7.49. The molecule has 0 radical (unpaired) electrons. The molecule has 2 fully saturated rings. The third-order valence-corrected chi connectivity index (χ3v) is 9.65. The Balaban J connectivity index is 0.962. The van der Waals surface area contributed by atoms with Gasteiger partial charge in [0.25, 0.3) is 0 Å². The number of morpholine rings is 1. The molecule has 0 spiro atoms. The van der Waals surface area contributed by atoms with E-state index >= 15 is 4.39 Å². The van der Waals surface area contributed by atoms with Crippen LogP contribution in [0.15, 0.2) is 73.2 Å². The summed E-state index contributed by atoms with van der Waals surface area (Å²) in [6.45, 7) is 3.47. The van der Waals surface area contributed by atoms with Gasteiger partial charge in [0.05, 0.1) is 42.7 Å². The van der Waals surface area contributed by atoms with Crippen LogP contribution in [0.5, 0.6) is 11.5 Å². The summed E-state index contributed by atoms with van der Waals surface area (Å²) >= 11 is 1.41. The molecule has 2 amide bonds. The fourth-order valence-electron chi connectivity index (χ4n) is 5.49. The lowest BCUT2D eigenvalue weighted by atomic mass is 10.0. The van der Waals surface area contributed by atoms with Crippen LogP contribution in [-0.2, 0) is 30.4 Å². The molecule has 5 aromatic rings. The van der Waals surface area contributed by atoms with Gasteiger partial charge >= 0.3 is 5.97 Å². The Bertz CT molecular complexity index is 2040. The highest BCUT2D eigenvalue weighted by atomic mass is 32.1. The number of fused-ring (bicyclic) bond motifs is 1. The molecule has 15 heteroatoms. The molecule has 4 heterocycles. The number of benzene rings is 2. The van der Waals surface area contributed by atoms with Crippen molar-refractivity contribution in [3.63, 3.8) is 0 Å². The number of pyridine rings is 1. The summed E-state index contributed by atoms with van der Waals surface area (Å²) in [6.07, 6.45) is 5.81. The number of halogens is 2. The number of thiophene rings is 1. The van der Waals surface area contributed by atoms with Crippen molar-refractivity contribution < 1.29 is 37.4 Å². The van der Waals surface area contributed by atoms with Crippen molar-refractivity contribution >= 4 is 50.7 Å². The standard InChI is InChI=1S/C35H32F2N6O6S/c36-23-1-3-24(4-2-23)40-33(45)35(8-9-35)34(46)41-25-5-6-28(26(37)17-25)49-29-7-10-38-27-18-30(50-32(27)29)22-19-39-43(20-22)13-16-48-31(44)21-42-11-14-47-15-12-42/h1-7,10,17-20H,8-9,11-16,21H2,(H,40,45)(H,41,46). The average molecular weight is 703 g/mol. The molecule has 0 atom stereocenters. The Labute approximate surface area is 289 Å². The van der Waals surface area contributed by atoms with E-state index in [0.717, 1.165) is 16.5 Å². The van der Waals surface area contributed by atoms with Crippen molar-refractivity contribution in [2.45, 2.75) is 19.4 Å². The van der Waals surface area contributed by atoms with Gasteiger partial charge < -0.3 is 24.8 Å². The molecule has 1 aliphatic carbocycles. The van der Waals surface area contributed by atoms with Crippen LogP contribution >= 0.6 is 11.3 Å². The van der Waals surface area contributed by atoms with Crippen molar-refractivity contribution in [1.29, 1.82) is 0 Å². The molecule has 2 aromatic carbocycles. The van der Waals surface area contributed by atoms with Crippen LogP contribution < -0.4 is 15.4 Å². The second-order valence-electron chi connectivity index (χ2n) is 12.0. The lowest BCUT2D eigenvalue weighted by Gasteiger charge is -2.25. The number of esters is 1. The number of rotatable bonds is 12. The van der Waals surface area contributed by atoms with E-state index in [2.05, 4.69) is 20.7 Å². The van der Waals surface area contributed by atoms with E-state index in [1.807, 2.05) is 17.2 Å². The van der Waals surface area contributed by atoms with Crippen LogP contribution in [0.2, 0.25) is 0 Å². The fraction of sp³-hybridized carbons (Fsp3) is 0.286. The number of ether oxygens (including phenoxy) is 3. The van der Waals surface area contributed by atoms with Crippen molar-refractivity contribution in [3.05, 3.63) is 84.8 Å². The number of amides is 2. The van der Waals surface area contributed by atoms with Crippen molar-refractivity contribution in [3.8, 4) is 21.9 Å². The van der Waals surface area contributed by atoms with E-state index in [9.17, 15) is 18.8 Å². The predicted octanol–water partition coefficient (Wildman–Crippen LogP) is 5.46. The maximum atomic E-state index is 15.3. The monoisotopic (exact) mass is 702 g/mol. The van der Waals surface area contributed by atoms with Gasteiger partial charge in [-0.15, -0.1) is 11.3 Å². The molecule has 0 bridgehead atoms. The first kappa shape index (κ1) is 33.3. The Morgan fingerprint density at radius 2 is 1.68 bits per heavy atom. The second-order valence-corrected chi connectivity index (χ2v) is 13.0. The first-order chi connectivity index (χ1) is 24.3. The van der Waals surface area contributed by atoms with Gasteiger partial charge in [-0.05, 0) is 55.3 Å². The topological polar surface area (TPSA) is 137 Å². The Kier molecular flexibility index (Phi) is 9.52. The van der Waals surface area contributed by atoms with Crippen molar-refractivity contribution in [2.24, 2.45) is 5.41 Å². The zero-order valence-corrected chi connectivity index (χ0v) is 27.5. The minimum absolute atomic E-state index is 0.0587. The average Bonchev–Trinajstić information content (AvgIpc) is 3.60. The quantitative estimate of drug-likeness (QED) is 0.128. The van der Waals surface area contributed by atoms with E-state index in [4.69, 9.17) is 14.2 Å². The van der Waals surface area contributed by atoms with Gasteiger partial charge in [-0.25, -0.2) is 8.78 Å². The highest BCUT2D eigenvalue weighted by molar-refractivity contribution is 7.22. The molecule has 12 nitrogen and oxygen atoms in total. The van der Waals surface area contributed by atoms with Crippen LogP contribution in [0.4, 0.5) is 20.2 Å². The van der Waals surface area contributed by atoms with E-state index in [1.54, 1.807) is 23.1 Å². The molecule has 2 aliphatic rings. The zero-order chi connectivity index (χ0) is 34.7. The van der Waals surface area contributed by atoms with E-state index in [1.165, 1.54) is 47.7 Å². The Hall–Kier alpha value is -5.25. The molecule has 0 unspecified atom stereocenters. The molecule has 1 saturated carbocycles. The Morgan fingerprint density at radius 3 is 2.42 bits per heavy atom. The molecule has 2 N–H and O–H groups in total. The van der Waals surface area contributed by atoms with Crippen LogP contribution in [0.25, 0.3) is 20.7 Å². The van der Waals surface area contributed by atoms with Gasteiger partial charge in [-0.1, -0.05) is 0 Å². The van der Waals surface area contributed by atoms with Gasteiger partial charge in [0, 0.05) is 59.4 Å². The number of hydrogen-bond acceptors (Lipinski definition) is 10. The summed E-state index contributed by atoms with van der Waals surface area (Å²) in [6, 6.07) is 12.8. The fourth-order valence-corrected chi connectivity index (χ4v) is 6.53. The Morgan fingerprint density at radius 1 is 0.940 bits per heavy atom. The third-order valence-electron chi connectivity index (χ3n) is 8.46. The molecule has 1 aliphatic heterocycles.